The van der Waals surface area contributed by atoms with Gasteiger partial charge in [0.15, 0.2) is 5.82 Å². The van der Waals surface area contributed by atoms with Crippen molar-refractivity contribution in [1.29, 1.82) is 0 Å². The first-order valence-electron chi connectivity index (χ1n) is 11.1. The van der Waals surface area contributed by atoms with Gasteiger partial charge in [0.25, 0.3) is 0 Å². The first-order valence-corrected chi connectivity index (χ1v) is 11.1. The Morgan fingerprint density at radius 3 is 2.21 bits per heavy atom. The highest BCUT2D eigenvalue weighted by Gasteiger charge is 2.29. The van der Waals surface area contributed by atoms with E-state index in [0.29, 0.717) is 31.0 Å². The van der Waals surface area contributed by atoms with Crippen molar-refractivity contribution in [2.24, 2.45) is 0 Å². The lowest BCUT2D eigenvalue weighted by Crippen LogP contribution is -2.55. The number of nitrogens with one attached hydrogen (secondary N) is 1. The number of anilines is 2. The van der Waals surface area contributed by atoms with Crippen molar-refractivity contribution < 1.29 is 13.6 Å². The number of halogens is 2. The van der Waals surface area contributed by atoms with E-state index >= 15 is 0 Å². The zero-order valence-corrected chi connectivity index (χ0v) is 18.6. The Bertz CT molecular complexity index is 1330. The first kappa shape index (κ1) is 21.8. The third-order valence-electron chi connectivity index (χ3n) is 6.07. The Labute approximate surface area is 195 Å². The average Bonchev–Trinajstić information content (AvgIpc) is 2.85. The summed E-state index contributed by atoms with van der Waals surface area (Å²) in [6, 6.07) is 19.5. The number of hydrogen-bond donors (Lipinski definition) is 1. The predicted octanol–water partition coefficient (Wildman–Crippen LogP) is 5.32. The molecule has 1 atom stereocenters. The first-order chi connectivity index (χ1) is 16.5. The van der Waals surface area contributed by atoms with E-state index in [1.807, 2.05) is 31.2 Å². The quantitative estimate of drug-likeness (QED) is 0.451. The van der Waals surface area contributed by atoms with Gasteiger partial charge in [-0.25, -0.2) is 13.6 Å². The minimum absolute atomic E-state index is 0.0773. The molecular weight excluding hydrogens is 436 g/mol. The van der Waals surface area contributed by atoms with Crippen LogP contribution in [0, 0.1) is 11.6 Å². The Morgan fingerprint density at radius 1 is 0.882 bits per heavy atom. The van der Waals surface area contributed by atoms with Crippen LogP contribution in [0.4, 0.5) is 25.1 Å². The van der Waals surface area contributed by atoms with Gasteiger partial charge in [0.05, 0.1) is 0 Å². The molecule has 0 radical (unpaired) electrons. The maximum Gasteiger partial charge on any atom is 0.322 e. The summed E-state index contributed by atoms with van der Waals surface area (Å²) >= 11 is 0. The summed E-state index contributed by atoms with van der Waals surface area (Å²) < 4.78 is 26.5. The van der Waals surface area contributed by atoms with Crippen LogP contribution in [0.3, 0.4) is 0 Å². The lowest BCUT2D eigenvalue weighted by Gasteiger charge is -2.40. The highest BCUT2D eigenvalue weighted by atomic mass is 19.1. The summed E-state index contributed by atoms with van der Waals surface area (Å²) in [5.41, 5.74) is 2.05. The second-order valence-corrected chi connectivity index (χ2v) is 8.35. The van der Waals surface area contributed by atoms with Crippen LogP contribution in [0.5, 0.6) is 0 Å². The van der Waals surface area contributed by atoms with Crippen molar-refractivity contribution in [3.8, 4) is 11.3 Å². The van der Waals surface area contributed by atoms with Crippen LogP contribution in [0.2, 0.25) is 0 Å². The zero-order valence-electron chi connectivity index (χ0n) is 18.6. The number of nitrogens with zero attached hydrogens (tertiary/aromatic N) is 4. The van der Waals surface area contributed by atoms with Gasteiger partial charge >= 0.3 is 6.03 Å². The number of aromatic nitrogens is 2. The van der Waals surface area contributed by atoms with Crippen LogP contribution in [-0.4, -0.2) is 46.8 Å². The molecule has 1 fully saturated rings. The van der Waals surface area contributed by atoms with Crippen molar-refractivity contribution in [2.75, 3.05) is 29.9 Å². The van der Waals surface area contributed by atoms with E-state index in [2.05, 4.69) is 20.4 Å². The molecule has 6 nitrogen and oxygen atoms in total. The molecule has 0 spiro atoms. The Balaban J connectivity index is 1.37. The lowest BCUT2D eigenvalue weighted by atomic mass is 10.0. The maximum absolute atomic E-state index is 13.4. The van der Waals surface area contributed by atoms with E-state index in [4.69, 9.17) is 0 Å². The molecule has 1 aliphatic heterocycles. The zero-order chi connectivity index (χ0) is 23.7. The molecular formula is C26H23F2N5O. The minimum Gasteiger partial charge on any atom is -0.351 e. The number of amides is 2. The van der Waals surface area contributed by atoms with Gasteiger partial charge in [-0.05, 0) is 55.5 Å². The number of benzene rings is 3. The molecule has 0 bridgehead atoms. The SMILES string of the molecule is CC1CN(c2nnc(-c3ccc(F)cc3)c3ccccc23)CCN1C(=O)Nc1ccc(F)cc1. The number of rotatable bonds is 3. The number of carbonyl (C=O) groups is 1. The number of hydrogen-bond acceptors (Lipinski definition) is 4. The Hall–Kier alpha value is -4.07. The summed E-state index contributed by atoms with van der Waals surface area (Å²) in [5, 5.41) is 13.7. The number of piperazine rings is 1. The maximum atomic E-state index is 13.4. The number of carbonyl (C=O) groups excluding carboxylic acids is 1. The number of fused-ring (bicyclic) bond motifs is 1. The van der Waals surface area contributed by atoms with Crippen molar-refractivity contribution in [3.05, 3.63) is 84.4 Å². The normalized spacial score (nSPS) is 16.0. The molecule has 1 saturated heterocycles. The summed E-state index contributed by atoms with van der Waals surface area (Å²) in [6.45, 7) is 3.67. The molecule has 3 aromatic carbocycles. The highest BCUT2D eigenvalue weighted by Crippen LogP contribution is 2.32. The standard InChI is InChI=1S/C26H23F2N5O/c1-17-16-32(14-15-33(17)26(34)29-21-12-10-20(28)11-13-21)25-23-5-3-2-4-22(23)24(30-31-25)18-6-8-19(27)9-7-18/h2-13,17H,14-16H2,1H3,(H,29,34). The third kappa shape index (κ3) is 4.26. The number of urea groups is 1. The molecule has 172 valence electrons. The Kier molecular flexibility index (Phi) is 5.79. The van der Waals surface area contributed by atoms with Gasteiger partial charge in [0, 0.05) is 47.7 Å². The topological polar surface area (TPSA) is 61.4 Å². The van der Waals surface area contributed by atoms with E-state index in [1.54, 1.807) is 29.2 Å². The molecule has 2 amide bonds. The molecule has 0 saturated carbocycles. The summed E-state index contributed by atoms with van der Waals surface area (Å²) in [4.78, 5) is 16.7. The fraction of sp³-hybridized carbons (Fsp3) is 0.192. The molecule has 4 aromatic rings. The molecule has 1 aromatic heterocycles. The molecule has 0 aliphatic carbocycles. The second kappa shape index (κ2) is 9.05. The fourth-order valence-electron chi connectivity index (χ4n) is 4.32. The molecule has 2 heterocycles. The second-order valence-electron chi connectivity index (χ2n) is 8.35. The molecule has 5 rings (SSSR count). The van der Waals surface area contributed by atoms with Crippen LogP contribution in [0.1, 0.15) is 6.92 Å². The molecule has 1 aliphatic rings. The van der Waals surface area contributed by atoms with Crippen molar-refractivity contribution >= 4 is 28.3 Å². The molecule has 34 heavy (non-hydrogen) atoms. The monoisotopic (exact) mass is 459 g/mol. The fourth-order valence-corrected chi connectivity index (χ4v) is 4.32. The van der Waals surface area contributed by atoms with Crippen LogP contribution >= 0.6 is 0 Å². The van der Waals surface area contributed by atoms with Crippen molar-refractivity contribution in [3.63, 3.8) is 0 Å². The van der Waals surface area contributed by atoms with Crippen LogP contribution in [0.25, 0.3) is 22.0 Å². The van der Waals surface area contributed by atoms with E-state index < -0.39 is 0 Å². The largest absolute Gasteiger partial charge is 0.351 e. The van der Waals surface area contributed by atoms with Crippen LogP contribution in [0.15, 0.2) is 72.8 Å². The summed E-state index contributed by atoms with van der Waals surface area (Å²) in [5.74, 6) is 0.110. The van der Waals surface area contributed by atoms with Gasteiger partial charge < -0.3 is 15.1 Å². The van der Waals surface area contributed by atoms with Gasteiger partial charge in [-0.2, -0.15) is 0 Å². The summed E-state index contributed by atoms with van der Waals surface area (Å²) in [7, 11) is 0. The molecule has 8 heteroatoms. The van der Waals surface area contributed by atoms with Gasteiger partial charge in [-0.3, -0.25) is 0 Å². The van der Waals surface area contributed by atoms with E-state index in [9.17, 15) is 13.6 Å². The average molecular weight is 460 g/mol. The van der Waals surface area contributed by atoms with Crippen LogP contribution in [-0.2, 0) is 0 Å². The van der Waals surface area contributed by atoms with E-state index in [-0.39, 0.29) is 23.7 Å². The Morgan fingerprint density at radius 2 is 1.53 bits per heavy atom. The predicted molar refractivity (Wildman–Crippen MR) is 129 cm³/mol. The van der Waals surface area contributed by atoms with Crippen LogP contribution < -0.4 is 10.2 Å². The van der Waals surface area contributed by atoms with Gasteiger partial charge in [-0.15, -0.1) is 10.2 Å². The van der Waals surface area contributed by atoms with E-state index in [0.717, 1.165) is 22.2 Å². The minimum atomic E-state index is -0.348. The van der Waals surface area contributed by atoms with Crippen molar-refractivity contribution in [2.45, 2.75) is 13.0 Å². The molecule has 1 unspecified atom stereocenters. The third-order valence-corrected chi connectivity index (χ3v) is 6.07. The molecule has 1 N–H and O–H groups in total. The summed E-state index contributed by atoms with van der Waals surface area (Å²) in [6.07, 6.45) is 0. The van der Waals surface area contributed by atoms with Gasteiger partial charge in [-0.1, -0.05) is 24.3 Å². The smallest absolute Gasteiger partial charge is 0.322 e. The van der Waals surface area contributed by atoms with Crippen molar-refractivity contribution in [1.82, 2.24) is 15.1 Å². The highest BCUT2D eigenvalue weighted by molar-refractivity contribution is 6.00. The van der Waals surface area contributed by atoms with E-state index in [1.165, 1.54) is 24.3 Å². The lowest BCUT2D eigenvalue weighted by molar-refractivity contribution is 0.184. The van der Waals surface area contributed by atoms with Gasteiger partial charge in [0.2, 0.25) is 0 Å². The van der Waals surface area contributed by atoms with Gasteiger partial charge in [0.1, 0.15) is 17.3 Å².